The largest absolute Gasteiger partial charge is 0.443 e. The highest BCUT2D eigenvalue weighted by Gasteiger charge is 2.34. The molecule has 5 heteroatoms. The third-order valence-electron chi connectivity index (χ3n) is 3.96. The molecule has 1 aliphatic heterocycles. The van der Waals surface area contributed by atoms with Crippen LogP contribution in [0.3, 0.4) is 0 Å². The van der Waals surface area contributed by atoms with E-state index in [1.165, 1.54) is 0 Å². The van der Waals surface area contributed by atoms with E-state index in [0.717, 1.165) is 16.0 Å². The Balaban J connectivity index is 1.90. The van der Waals surface area contributed by atoms with Crippen LogP contribution in [0.1, 0.15) is 31.9 Å². The summed E-state index contributed by atoms with van der Waals surface area (Å²) >= 11 is 0. The van der Waals surface area contributed by atoms with Gasteiger partial charge >= 0.3 is 6.09 Å². The fourth-order valence-electron chi connectivity index (χ4n) is 2.78. The third-order valence-corrected chi connectivity index (χ3v) is 3.96. The van der Waals surface area contributed by atoms with Crippen molar-refractivity contribution in [2.45, 2.75) is 38.8 Å². The predicted octanol–water partition coefficient (Wildman–Crippen LogP) is 4.00. The normalized spacial score (nSPS) is 15.9. The number of ether oxygens (including phenoxy) is 1. The van der Waals surface area contributed by atoms with Crippen molar-refractivity contribution in [1.82, 2.24) is 0 Å². The van der Waals surface area contributed by atoms with Crippen LogP contribution in [0.2, 0.25) is 0 Å². The van der Waals surface area contributed by atoms with E-state index in [1.54, 1.807) is 51.3 Å². The van der Waals surface area contributed by atoms with E-state index in [1.807, 2.05) is 30.3 Å². The minimum Gasteiger partial charge on any atom is -0.443 e. The minimum absolute atomic E-state index is 0.392. The molecule has 2 aromatic carbocycles. The molecule has 0 saturated carbocycles. The average Bonchev–Trinajstić information content (AvgIpc) is 2.61. The molecule has 0 aliphatic carbocycles. The summed E-state index contributed by atoms with van der Waals surface area (Å²) in [7, 11) is 0. The molecule has 1 atom stereocenters. The number of para-hydroxylation sites is 1. The Bertz CT molecular complexity index is 838. The van der Waals surface area contributed by atoms with Gasteiger partial charge in [0.1, 0.15) is 11.6 Å². The monoisotopic (exact) mass is 350 g/mol. The Morgan fingerprint density at radius 3 is 2.38 bits per heavy atom. The Morgan fingerprint density at radius 2 is 1.69 bits per heavy atom. The molecule has 0 saturated heterocycles. The van der Waals surface area contributed by atoms with Crippen molar-refractivity contribution in [3.05, 3.63) is 65.7 Å². The van der Waals surface area contributed by atoms with Crippen molar-refractivity contribution in [2.75, 3.05) is 4.90 Å². The Kier molecular flexibility index (Phi) is 4.89. The highest BCUT2D eigenvalue weighted by atomic mass is 16.6. The van der Waals surface area contributed by atoms with E-state index in [0.29, 0.717) is 12.1 Å². The van der Waals surface area contributed by atoms with Gasteiger partial charge in [-0.1, -0.05) is 42.5 Å². The molecule has 26 heavy (non-hydrogen) atoms. The number of carbonyl (C=O) groups is 2. The van der Waals surface area contributed by atoms with Crippen LogP contribution in [0, 0.1) is 0 Å². The number of carbonyl (C=O) groups excluding carboxylic acids is 2. The smallest absolute Gasteiger partial charge is 0.421 e. The van der Waals surface area contributed by atoms with Gasteiger partial charge in [0.2, 0.25) is 0 Å². The van der Waals surface area contributed by atoms with E-state index in [4.69, 9.17) is 4.74 Å². The lowest BCUT2D eigenvalue weighted by molar-refractivity contribution is -0.119. The van der Waals surface area contributed by atoms with Crippen molar-refractivity contribution >= 4 is 23.9 Å². The van der Waals surface area contributed by atoms with Gasteiger partial charge in [-0.3, -0.25) is 9.79 Å². The third kappa shape index (κ3) is 3.99. The van der Waals surface area contributed by atoms with Gasteiger partial charge in [-0.05, 0) is 44.0 Å². The Morgan fingerprint density at radius 1 is 1.04 bits per heavy atom. The molecule has 3 rings (SSSR count). The van der Waals surface area contributed by atoms with Crippen LogP contribution in [-0.2, 0) is 16.0 Å². The first-order chi connectivity index (χ1) is 12.3. The molecule has 1 heterocycles. The molecule has 0 unspecified atom stereocenters. The van der Waals surface area contributed by atoms with Gasteiger partial charge in [0.05, 0.1) is 5.69 Å². The molecular weight excluding hydrogens is 328 g/mol. The summed E-state index contributed by atoms with van der Waals surface area (Å²) in [6.07, 6.45) is 1.46. The van der Waals surface area contributed by atoms with Crippen LogP contribution in [0.4, 0.5) is 10.5 Å². The summed E-state index contributed by atoms with van der Waals surface area (Å²) in [5, 5.41) is 0. The fourth-order valence-corrected chi connectivity index (χ4v) is 2.78. The summed E-state index contributed by atoms with van der Waals surface area (Å²) < 4.78 is 5.45. The molecule has 0 spiro atoms. The molecule has 0 aromatic heterocycles. The molecule has 0 fully saturated rings. The van der Waals surface area contributed by atoms with Gasteiger partial charge in [-0.2, -0.15) is 0 Å². The van der Waals surface area contributed by atoms with E-state index in [9.17, 15) is 9.59 Å². The molecular formula is C21H22N2O3. The first-order valence-corrected chi connectivity index (χ1v) is 8.58. The van der Waals surface area contributed by atoms with Crippen molar-refractivity contribution in [2.24, 2.45) is 4.99 Å². The van der Waals surface area contributed by atoms with Crippen molar-refractivity contribution in [3.8, 4) is 0 Å². The molecule has 0 bridgehead atoms. The summed E-state index contributed by atoms with van der Waals surface area (Å²) in [6, 6.07) is 16.0. The lowest BCUT2D eigenvalue weighted by atomic mass is 9.97. The number of hydrogen-bond donors (Lipinski definition) is 0. The lowest BCUT2D eigenvalue weighted by Crippen LogP contribution is -2.46. The number of aliphatic imine (C=N–C) groups is 1. The number of imide groups is 1. The zero-order valence-electron chi connectivity index (χ0n) is 15.2. The SMILES string of the molecule is CC(C)(C)OC(=O)N(C(=O)[C@@H]1Cc2ccccc2C=N1)c1ccccc1. The van der Waals surface area contributed by atoms with Crippen LogP contribution in [0.25, 0.3) is 0 Å². The maximum absolute atomic E-state index is 13.1. The number of anilines is 1. The highest BCUT2D eigenvalue weighted by molar-refractivity contribution is 6.15. The van der Waals surface area contributed by atoms with Gasteiger partial charge < -0.3 is 4.74 Å². The maximum atomic E-state index is 13.1. The molecule has 2 aromatic rings. The number of benzene rings is 2. The molecule has 0 radical (unpaired) electrons. The van der Waals surface area contributed by atoms with E-state index >= 15 is 0 Å². The minimum atomic E-state index is -0.702. The number of rotatable bonds is 2. The summed E-state index contributed by atoms with van der Waals surface area (Å²) in [4.78, 5) is 31.3. The Labute approximate surface area is 153 Å². The molecule has 1 aliphatic rings. The summed E-state index contributed by atoms with van der Waals surface area (Å²) in [5.74, 6) is -0.392. The van der Waals surface area contributed by atoms with Gasteiger partial charge in [0, 0.05) is 12.6 Å². The first kappa shape index (κ1) is 17.9. The van der Waals surface area contributed by atoms with E-state index < -0.39 is 23.6 Å². The average molecular weight is 350 g/mol. The molecule has 134 valence electrons. The van der Waals surface area contributed by atoms with Gasteiger partial charge in [0.15, 0.2) is 0 Å². The van der Waals surface area contributed by atoms with Gasteiger partial charge in [-0.25, -0.2) is 9.69 Å². The Hall–Kier alpha value is -2.95. The van der Waals surface area contributed by atoms with Gasteiger partial charge in [0.25, 0.3) is 5.91 Å². The number of fused-ring (bicyclic) bond motifs is 1. The van der Waals surface area contributed by atoms with Crippen LogP contribution < -0.4 is 4.90 Å². The molecule has 0 N–H and O–H groups in total. The summed E-state index contributed by atoms with van der Waals surface area (Å²) in [5.41, 5.74) is 1.81. The van der Waals surface area contributed by atoms with Crippen LogP contribution in [-0.4, -0.2) is 29.9 Å². The maximum Gasteiger partial charge on any atom is 0.421 e. The molecule has 2 amide bonds. The van der Waals surface area contributed by atoms with Crippen molar-refractivity contribution < 1.29 is 14.3 Å². The quantitative estimate of drug-likeness (QED) is 0.822. The zero-order chi connectivity index (χ0) is 18.7. The van der Waals surface area contributed by atoms with E-state index in [-0.39, 0.29) is 0 Å². The second-order valence-electron chi connectivity index (χ2n) is 7.19. The summed E-state index contributed by atoms with van der Waals surface area (Å²) in [6.45, 7) is 5.31. The van der Waals surface area contributed by atoms with Crippen molar-refractivity contribution in [1.29, 1.82) is 0 Å². The standard InChI is InChI=1S/C21H22N2O3/c1-21(2,3)26-20(25)23(17-11-5-4-6-12-17)19(24)18-13-15-9-7-8-10-16(15)14-22-18/h4-12,14,18H,13H2,1-3H3/t18-/m0/s1. The highest BCUT2D eigenvalue weighted by Crippen LogP contribution is 2.23. The number of nitrogens with zero attached hydrogens (tertiary/aromatic N) is 2. The number of amides is 2. The van der Waals surface area contributed by atoms with Crippen LogP contribution in [0.5, 0.6) is 0 Å². The fraction of sp³-hybridized carbons (Fsp3) is 0.286. The van der Waals surface area contributed by atoms with Crippen molar-refractivity contribution in [3.63, 3.8) is 0 Å². The number of hydrogen-bond acceptors (Lipinski definition) is 4. The zero-order valence-corrected chi connectivity index (χ0v) is 15.2. The van der Waals surface area contributed by atoms with Crippen LogP contribution >= 0.6 is 0 Å². The van der Waals surface area contributed by atoms with Crippen LogP contribution in [0.15, 0.2) is 59.6 Å². The first-order valence-electron chi connectivity index (χ1n) is 8.58. The lowest BCUT2D eigenvalue weighted by Gasteiger charge is -2.28. The van der Waals surface area contributed by atoms with Gasteiger partial charge in [-0.15, -0.1) is 0 Å². The van der Waals surface area contributed by atoms with E-state index in [2.05, 4.69) is 4.99 Å². The predicted molar refractivity (Wildman–Crippen MR) is 102 cm³/mol. The molecule has 5 nitrogen and oxygen atoms in total. The second-order valence-corrected chi connectivity index (χ2v) is 7.19. The second kappa shape index (κ2) is 7.12. The topological polar surface area (TPSA) is 59.0 Å².